The van der Waals surface area contributed by atoms with Crippen molar-refractivity contribution in [1.29, 1.82) is 0 Å². The van der Waals surface area contributed by atoms with Crippen molar-refractivity contribution in [1.82, 2.24) is 14.9 Å². The molecule has 0 amide bonds. The van der Waals surface area contributed by atoms with E-state index < -0.39 is 10.0 Å². The molecule has 18 heavy (non-hydrogen) atoms. The second-order valence-electron chi connectivity index (χ2n) is 4.76. The van der Waals surface area contributed by atoms with Crippen molar-refractivity contribution in [2.24, 2.45) is 0 Å². The maximum Gasteiger partial charge on any atom is 0.211 e. The van der Waals surface area contributed by atoms with Gasteiger partial charge in [0, 0.05) is 19.1 Å². The average Bonchev–Trinajstić information content (AvgIpc) is 2.33. The molecular weight excluding hydrogens is 250 g/mol. The molecular formula is C12H29N3O2S. The molecule has 1 unspecified atom stereocenters. The lowest BCUT2D eigenvalue weighted by Crippen LogP contribution is -2.37. The minimum absolute atomic E-state index is 0.224. The van der Waals surface area contributed by atoms with Gasteiger partial charge in [0.05, 0.1) is 5.75 Å². The lowest BCUT2D eigenvalue weighted by molar-refractivity contribution is 0.256. The highest BCUT2D eigenvalue weighted by molar-refractivity contribution is 7.89. The van der Waals surface area contributed by atoms with Crippen molar-refractivity contribution in [3.05, 3.63) is 0 Å². The summed E-state index contributed by atoms with van der Waals surface area (Å²) in [7, 11) is 0.801. The summed E-state index contributed by atoms with van der Waals surface area (Å²) in [6, 6.07) is 0.491. The molecule has 0 aromatic carbocycles. The molecule has 0 aliphatic rings. The highest BCUT2D eigenvalue weighted by Gasteiger charge is 2.11. The maximum absolute atomic E-state index is 11.7. The highest BCUT2D eigenvalue weighted by atomic mass is 32.2. The second-order valence-corrected chi connectivity index (χ2v) is 6.69. The molecule has 0 aromatic heterocycles. The van der Waals surface area contributed by atoms with Crippen LogP contribution in [0.15, 0.2) is 0 Å². The second kappa shape index (κ2) is 9.72. The van der Waals surface area contributed by atoms with Crippen LogP contribution in [0, 0.1) is 0 Å². The molecule has 0 aromatic rings. The van der Waals surface area contributed by atoms with E-state index in [0.29, 0.717) is 19.0 Å². The predicted octanol–water partition coefficient (Wildman–Crippen LogP) is 0.636. The fourth-order valence-electron chi connectivity index (χ4n) is 1.58. The molecule has 0 spiro atoms. The Balaban J connectivity index is 3.76. The molecule has 5 nitrogen and oxygen atoms in total. The topological polar surface area (TPSA) is 61.4 Å². The Kier molecular flexibility index (Phi) is 9.63. The summed E-state index contributed by atoms with van der Waals surface area (Å²) in [5, 5.41) is 3.01. The Morgan fingerprint density at radius 3 is 2.44 bits per heavy atom. The van der Waals surface area contributed by atoms with Crippen LogP contribution in [-0.2, 0) is 10.0 Å². The number of hydrogen-bond acceptors (Lipinski definition) is 4. The van der Waals surface area contributed by atoms with E-state index in [-0.39, 0.29) is 5.75 Å². The third-order valence-corrected chi connectivity index (χ3v) is 4.69. The fraction of sp³-hybridized carbons (Fsp3) is 1.00. The number of unbranched alkanes of at least 4 members (excludes halogenated alkanes) is 1. The van der Waals surface area contributed by atoms with Gasteiger partial charge in [0.1, 0.15) is 0 Å². The summed E-state index contributed by atoms with van der Waals surface area (Å²) in [5.74, 6) is 0.224. The van der Waals surface area contributed by atoms with Gasteiger partial charge in [0.15, 0.2) is 0 Å². The largest absolute Gasteiger partial charge is 0.320 e. The number of nitrogens with zero attached hydrogens (tertiary/aromatic N) is 1. The van der Waals surface area contributed by atoms with Gasteiger partial charge in [0.2, 0.25) is 10.0 Å². The van der Waals surface area contributed by atoms with E-state index in [4.69, 9.17) is 0 Å². The highest BCUT2D eigenvalue weighted by Crippen LogP contribution is 1.99. The SMILES string of the molecule is CCC(C)N(C)CCNS(=O)(=O)CCCCNC. The van der Waals surface area contributed by atoms with Crippen LogP contribution in [0.25, 0.3) is 0 Å². The standard InChI is InChI=1S/C12H29N3O2S/c1-5-12(2)15(4)10-9-14-18(16,17)11-7-6-8-13-3/h12-14H,5-11H2,1-4H3. The first-order valence-electron chi connectivity index (χ1n) is 6.75. The van der Waals surface area contributed by atoms with Crippen LogP contribution in [0.5, 0.6) is 0 Å². The zero-order valence-corrected chi connectivity index (χ0v) is 13.0. The zero-order valence-electron chi connectivity index (χ0n) is 12.2. The number of sulfonamides is 1. The predicted molar refractivity (Wildman–Crippen MR) is 77.3 cm³/mol. The van der Waals surface area contributed by atoms with Gasteiger partial charge in [0.25, 0.3) is 0 Å². The van der Waals surface area contributed by atoms with Crippen LogP contribution < -0.4 is 10.0 Å². The van der Waals surface area contributed by atoms with Gasteiger partial charge in [-0.25, -0.2) is 13.1 Å². The molecule has 0 fully saturated rings. The Bertz CT molecular complexity index is 294. The molecule has 0 aliphatic carbocycles. The average molecular weight is 279 g/mol. The minimum atomic E-state index is -3.09. The quantitative estimate of drug-likeness (QED) is 0.545. The number of hydrogen-bond donors (Lipinski definition) is 2. The van der Waals surface area contributed by atoms with E-state index in [1.807, 2.05) is 14.1 Å². The van der Waals surface area contributed by atoms with E-state index in [2.05, 4.69) is 28.8 Å². The normalized spacial score (nSPS) is 14.1. The molecule has 0 bridgehead atoms. The summed E-state index contributed by atoms with van der Waals surface area (Å²) >= 11 is 0. The molecule has 0 rings (SSSR count). The molecule has 6 heteroatoms. The fourth-order valence-corrected chi connectivity index (χ4v) is 2.71. The maximum atomic E-state index is 11.7. The van der Waals surface area contributed by atoms with E-state index in [1.54, 1.807) is 0 Å². The van der Waals surface area contributed by atoms with Crippen molar-refractivity contribution >= 4 is 10.0 Å². The molecule has 1 atom stereocenters. The smallest absolute Gasteiger partial charge is 0.211 e. The van der Waals surface area contributed by atoms with E-state index in [9.17, 15) is 8.42 Å². The summed E-state index contributed by atoms with van der Waals surface area (Å²) in [6.07, 6.45) is 2.68. The summed E-state index contributed by atoms with van der Waals surface area (Å²) in [6.45, 7) is 6.39. The first kappa shape index (κ1) is 17.8. The number of likely N-dealkylation sites (N-methyl/N-ethyl adjacent to an activating group) is 1. The van der Waals surface area contributed by atoms with Gasteiger partial charge in [-0.05, 0) is 46.8 Å². The molecule has 0 saturated carbocycles. The third-order valence-electron chi connectivity index (χ3n) is 3.22. The van der Waals surface area contributed by atoms with Gasteiger partial charge in [-0.15, -0.1) is 0 Å². The first-order chi connectivity index (χ1) is 8.43. The van der Waals surface area contributed by atoms with E-state index in [0.717, 1.165) is 25.9 Å². The van der Waals surface area contributed by atoms with Crippen molar-refractivity contribution in [3.8, 4) is 0 Å². The van der Waals surface area contributed by atoms with Gasteiger partial charge in [-0.2, -0.15) is 0 Å². The molecule has 0 radical (unpaired) electrons. The van der Waals surface area contributed by atoms with Crippen LogP contribution in [0.2, 0.25) is 0 Å². The Morgan fingerprint density at radius 2 is 1.89 bits per heavy atom. The van der Waals surface area contributed by atoms with Crippen LogP contribution in [0.3, 0.4) is 0 Å². The van der Waals surface area contributed by atoms with Crippen molar-refractivity contribution < 1.29 is 8.42 Å². The lowest BCUT2D eigenvalue weighted by atomic mass is 10.2. The number of nitrogens with one attached hydrogen (secondary N) is 2. The molecule has 0 aliphatic heterocycles. The molecule has 0 heterocycles. The van der Waals surface area contributed by atoms with Gasteiger partial charge < -0.3 is 10.2 Å². The van der Waals surface area contributed by atoms with Crippen LogP contribution in [-0.4, -0.2) is 58.8 Å². The van der Waals surface area contributed by atoms with Crippen molar-refractivity contribution in [2.75, 3.05) is 39.5 Å². The Labute approximate surface area is 112 Å². The summed E-state index contributed by atoms with van der Waals surface area (Å²) < 4.78 is 26.0. The van der Waals surface area contributed by atoms with Crippen molar-refractivity contribution in [2.45, 2.75) is 39.2 Å². The van der Waals surface area contributed by atoms with E-state index in [1.165, 1.54) is 0 Å². The molecule has 110 valence electrons. The Morgan fingerprint density at radius 1 is 1.22 bits per heavy atom. The van der Waals surface area contributed by atoms with Crippen LogP contribution in [0.1, 0.15) is 33.1 Å². The summed E-state index contributed by atoms with van der Waals surface area (Å²) in [4.78, 5) is 2.17. The van der Waals surface area contributed by atoms with Crippen LogP contribution in [0.4, 0.5) is 0 Å². The summed E-state index contributed by atoms with van der Waals surface area (Å²) in [5.41, 5.74) is 0. The van der Waals surface area contributed by atoms with Gasteiger partial charge in [-0.1, -0.05) is 6.92 Å². The monoisotopic (exact) mass is 279 g/mol. The molecule has 0 saturated heterocycles. The van der Waals surface area contributed by atoms with Crippen LogP contribution >= 0.6 is 0 Å². The van der Waals surface area contributed by atoms with E-state index >= 15 is 0 Å². The minimum Gasteiger partial charge on any atom is -0.320 e. The molecule has 2 N–H and O–H groups in total. The first-order valence-corrected chi connectivity index (χ1v) is 8.40. The zero-order chi connectivity index (χ0) is 14.0. The number of rotatable bonds is 11. The van der Waals surface area contributed by atoms with Gasteiger partial charge >= 0.3 is 0 Å². The third kappa shape index (κ3) is 8.85. The van der Waals surface area contributed by atoms with Gasteiger partial charge in [-0.3, -0.25) is 0 Å². The Hall–Kier alpha value is -0.170. The van der Waals surface area contributed by atoms with Crippen molar-refractivity contribution in [3.63, 3.8) is 0 Å². The lowest BCUT2D eigenvalue weighted by Gasteiger charge is -2.23.